The SMILES string of the molecule is C[C@H](NC(=O)CNc1ccc(I)cc1)c1cccc(Cl)c1. The Morgan fingerprint density at radius 1 is 1.24 bits per heavy atom. The van der Waals surface area contributed by atoms with E-state index in [9.17, 15) is 4.79 Å². The van der Waals surface area contributed by atoms with E-state index in [2.05, 4.69) is 33.2 Å². The van der Waals surface area contributed by atoms with E-state index in [0.29, 0.717) is 5.02 Å². The van der Waals surface area contributed by atoms with Crippen molar-refractivity contribution in [3.8, 4) is 0 Å². The fraction of sp³-hybridized carbons (Fsp3) is 0.188. The fourth-order valence-corrected chi connectivity index (χ4v) is 2.46. The van der Waals surface area contributed by atoms with Gasteiger partial charge < -0.3 is 10.6 Å². The maximum Gasteiger partial charge on any atom is 0.239 e. The van der Waals surface area contributed by atoms with Gasteiger partial charge in [0.05, 0.1) is 12.6 Å². The third-order valence-corrected chi connectivity index (χ3v) is 3.98. The van der Waals surface area contributed by atoms with Crippen molar-refractivity contribution in [3.05, 3.63) is 62.7 Å². The number of anilines is 1. The molecule has 0 unspecified atom stereocenters. The Balaban J connectivity index is 1.85. The van der Waals surface area contributed by atoms with Crippen LogP contribution in [0.2, 0.25) is 5.02 Å². The van der Waals surface area contributed by atoms with Gasteiger partial charge in [0, 0.05) is 14.3 Å². The van der Waals surface area contributed by atoms with E-state index in [4.69, 9.17) is 11.6 Å². The standard InChI is InChI=1S/C16H16ClIN2O/c1-11(12-3-2-4-13(17)9-12)20-16(21)10-19-15-7-5-14(18)6-8-15/h2-9,11,19H,10H2,1H3,(H,20,21)/t11-/m0/s1. The molecule has 2 aromatic carbocycles. The molecule has 0 spiro atoms. The quantitative estimate of drug-likeness (QED) is 0.719. The highest BCUT2D eigenvalue weighted by atomic mass is 127. The van der Waals surface area contributed by atoms with Crippen LogP contribution >= 0.6 is 34.2 Å². The molecule has 2 N–H and O–H groups in total. The summed E-state index contributed by atoms with van der Waals surface area (Å²) >= 11 is 8.20. The van der Waals surface area contributed by atoms with E-state index in [1.807, 2.05) is 55.5 Å². The molecule has 0 aromatic heterocycles. The summed E-state index contributed by atoms with van der Waals surface area (Å²) in [7, 11) is 0. The minimum absolute atomic E-state index is 0.0546. The third kappa shape index (κ3) is 5.21. The zero-order chi connectivity index (χ0) is 15.2. The molecular weight excluding hydrogens is 399 g/mol. The lowest BCUT2D eigenvalue weighted by atomic mass is 10.1. The van der Waals surface area contributed by atoms with Crippen molar-refractivity contribution in [3.63, 3.8) is 0 Å². The van der Waals surface area contributed by atoms with Crippen LogP contribution in [0.3, 0.4) is 0 Å². The van der Waals surface area contributed by atoms with Crippen LogP contribution in [0.25, 0.3) is 0 Å². The highest BCUT2D eigenvalue weighted by Crippen LogP contribution is 2.17. The molecule has 0 saturated heterocycles. The minimum Gasteiger partial charge on any atom is -0.376 e. The van der Waals surface area contributed by atoms with E-state index >= 15 is 0 Å². The minimum atomic E-state index is -0.0743. The first-order valence-corrected chi connectivity index (χ1v) is 8.04. The van der Waals surface area contributed by atoms with E-state index in [0.717, 1.165) is 14.8 Å². The third-order valence-electron chi connectivity index (χ3n) is 3.02. The second kappa shape index (κ2) is 7.66. The molecule has 2 aromatic rings. The van der Waals surface area contributed by atoms with Crippen LogP contribution in [0, 0.1) is 3.57 Å². The Morgan fingerprint density at radius 2 is 1.95 bits per heavy atom. The predicted octanol–water partition coefficient (Wildman–Crippen LogP) is 4.23. The van der Waals surface area contributed by atoms with Crippen molar-refractivity contribution in [2.24, 2.45) is 0 Å². The molecule has 0 aliphatic rings. The first-order valence-electron chi connectivity index (χ1n) is 6.59. The molecule has 0 heterocycles. The topological polar surface area (TPSA) is 41.1 Å². The van der Waals surface area contributed by atoms with Gasteiger partial charge in [0.2, 0.25) is 5.91 Å². The first kappa shape index (κ1) is 16.1. The van der Waals surface area contributed by atoms with Crippen molar-refractivity contribution >= 4 is 45.8 Å². The van der Waals surface area contributed by atoms with E-state index in [1.165, 1.54) is 0 Å². The summed E-state index contributed by atoms with van der Waals surface area (Å²) < 4.78 is 1.16. The Labute approximate surface area is 143 Å². The van der Waals surface area contributed by atoms with Gasteiger partial charge in [-0.15, -0.1) is 0 Å². The van der Waals surface area contributed by atoms with Crippen LogP contribution in [-0.4, -0.2) is 12.5 Å². The van der Waals surface area contributed by atoms with Crippen LogP contribution in [0.4, 0.5) is 5.69 Å². The average Bonchev–Trinajstić information content (AvgIpc) is 2.46. The monoisotopic (exact) mass is 414 g/mol. The number of halogens is 2. The predicted molar refractivity (Wildman–Crippen MR) is 95.7 cm³/mol. The molecule has 0 aliphatic heterocycles. The van der Waals surface area contributed by atoms with Gasteiger partial charge in [-0.2, -0.15) is 0 Å². The molecule has 1 atom stereocenters. The summed E-state index contributed by atoms with van der Waals surface area (Å²) in [6, 6.07) is 15.3. The maximum atomic E-state index is 11.9. The van der Waals surface area contributed by atoms with Crippen LogP contribution < -0.4 is 10.6 Å². The molecule has 5 heteroatoms. The Hall–Kier alpha value is -1.27. The normalized spacial score (nSPS) is 11.8. The smallest absolute Gasteiger partial charge is 0.239 e. The Bertz CT molecular complexity index is 616. The Kier molecular flexibility index (Phi) is 5.87. The van der Waals surface area contributed by atoms with Crippen molar-refractivity contribution < 1.29 is 4.79 Å². The number of amides is 1. The Morgan fingerprint density at radius 3 is 2.62 bits per heavy atom. The lowest BCUT2D eigenvalue weighted by Gasteiger charge is -2.15. The van der Waals surface area contributed by atoms with Gasteiger partial charge in [-0.1, -0.05) is 23.7 Å². The largest absolute Gasteiger partial charge is 0.376 e. The summed E-state index contributed by atoms with van der Waals surface area (Å²) in [5.41, 5.74) is 1.92. The van der Waals surface area contributed by atoms with Crippen LogP contribution in [0.1, 0.15) is 18.5 Å². The number of carbonyl (C=O) groups is 1. The summed E-state index contributed by atoms with van der Waals surface area (Å²) in [6.07, 6.45) is 0. The second-order valence-corrected chi connectivity index (χ2v) is 6.39. The summed E-state index contributed by atoms with van der Waals surface area (Å²) in [4.78, 5) is 11.9. The molecular formula is C16H16ClIN2O. The number of hydrogen-bond donors (Lipinski definition) is 2. The number of carbonyl (C=O) groups excluding carboxylic acids is 1. The number of benzene rings is 2. The maximum absolute atomic E-state index is 11.9. The summed E-state index contributed by atoms with van der Waals surface area (Å²) in [5, 5.41) is 6.71. The molecule has 1 amide bonds. The average molecular weight is 415 g/mol. The van der Waals surface area contributed by atoms with Crippen molar-refractivity contribution in [1.29, 1.82) is 0 Å². The fourth-order valence-electron chi connectivity index (χ4n) is 1.90. The molecule has 0 saturated carbocycles. The second-order valence-electron chi connectivity index (χ2n) is 4.70. The molecule has 0 aliphatic carbocycles. The highest BCUT2D eigenvalue weighted by molar-refractivity contribution is 14.1. The zero-order valence-electron chi connectivity index (χ0n) is 11.6. The van der Waals surface area contributed by atoms with Gasteiger partial charge in [-0.3, -0.25) is 4.79 Å². The van der Waals surface area contributed by atoms with Crippen molar-refractivity contribution in [1.82, 2.24) is 5.32 Å². The van der Waals surface area contributed by atoms with Gasteiger partial charge in [-0.25, -0.2) is 0 Å². The van der Waals surface area contributed by atoms with Crippen LogP contribution in [-0.2, 0) is 4.79 Å². The van der Waals surface area contributed by atoms with Gasteiger partial charge in [-0.05, 0) is 71.5 Å². The van der Waals surface area contributed by atoms with Gasteiger partial charge in [0.15, 0.2) is 0 Å². The van der Waals surface area contributed by atoms with Crippen LogP contribution in [0.15, 0.2) is 48.5 Å². The zero-order valence-corrected chi connectivity index (χ0v) is 14.5. The van der Waals surface area contributed by atoms with Gasteiger partial charge in [0.1, 0.15) is 0 Å². The summed E-state index contributed by atoms with van der Waals surface area (Å²) in [5.74, 6) is -0.0546. The molecule has 3 nitrogen and oxygen atoms in total. The molecule has 0 fully saturated rings. The molecule has 0 bridgehead atoms. The lowest BCUT2D eigenvalue weighted by Crippen LogP contribution is -2.32. The van der Waals surface area contributed by atoms with E-state index in [1.54, 1.807) is 0 Å². The van der Waals surface area contributed by atoms with Crippen molar-refractivity contribution in [2.45, 2.75) is 13.0 Å². The van der Waals surface area contributed by atoms with Crippen molar-refractivity contribution in [2.75, 3.05) is 11.9 Å². The summed E-state index contributed by atoms with van der Waals surface area (Å²) in [6.45, 7) is 2.18. The van der Waals surface area contributed by atoms with Gasteiger partial charge >= 0.3 is 0 Å². The van der Waals surface area contributed by atoms with Gasteiger partial charge in [0.25, 0.3) is 0 Å². The van der Waals surface area contributed by atoms with Crippen LogP contribution in [0.5, 0.6) is 0 Å². The lowest BCUT2D eigenvalue weighted by molar-refractivity contribution is -0.120. The molecule has 2 rings (SSSR count). The number of rotatable bonds is 5. The molecule has 110 valence electrons. The van der Waals surface area contributed by atoms with E-state index in [-0.39, 0.29) is 18.5 Å². The van der Waals surface area contributed by atoms with E-state index < -0.39 is 0 Å². The first-order chi connectivity index (χ1) is 10.0. The molecule has 21 heavy (non-hydrogen) atoms. The number of hydrogen-bond acceptors (Lipinski definition) is 2. The number of nitrogens with one attached hydrogen (secondary N) is 2. The molecule has 0 radical (unpaired) electrons. The highest BCUT2D eigenvalue weighted by Gasteiger charge is 2.09.